The Morgan fingerprint density at radius 1 is 1.14 bits per heavy atom. The lowest BCUT2D eigenvalue weighted by Crippen LogP contribution is -2.00. The van der Waals surface area contributed by atoms with E-state index < -0.39 is 0 Å². The van der Waals surface area contributed by atoms with Crippen molar-refractivity contribution in [3.63, 3.8) is 0 Å². The predicted octanol–water partition coefficient (Wildman–Crippen LogP) is 4.62. The van der Waals surface area contributed by atoms with E-state index in [0.717, 1.165) is 38.9 Å². The van der Waals surface area contributed by atoms with E-state index in [0.29, 0.717) is 0 Å². The van der Waals surface area contributed by atoms with E-state index in [1.807, 2.05) is 42.6 Å². The third kappa shape index (κ3) is 3.16. The van der Waals surface area contributed by atoms with Gasteiger partial charge < -0.3 is 10.1 Å². The SMILES string of the molecule is COc1ccc(Br)c(CNc2ccc3ncccc3c2)c1. The van der Waals surface area contributed by atoms with E-state index in [-0.39, 0.29) is 0 Å². The van der Waals surface area contributed by atoms with E-state index >= 15 is 0 Å². The van der Waals surface area contributed by atoms with Gasteiger partial charge in [0.2, 0.25) is 0 Å². The normalized spacial score (nSPS) is 10.6. The first-order valence-corrected chi connectivity index (χ1v) is 7.46. The number of halogens is 1. The van der Waals surface area contributed by atoms with Crippen LogP contribution in [0.5, 0.6) is 5.75 Å². The Morgan fingerprint density at radius 2 is 2.05 bits per heavy atom. The summed E-state index contributed by atoms with van der Waals surface area (Å²) in [7, 11) is 1.68. The summed E-state index contributed by atoms with van der Waals surface area (Å²) >= 11 is 3.57. The summed E-state index contributed by atoms with van der Waals surface area (Å²) in [5.41, 5.74) is 3.23. The molecular formula is C17H15BrN2O. The number of anilines is 1. The zero-order valence-corrected chi connectivity index (χ0v) is 13.2. The highest BCUT2D eigenvalue weighted by Gasteiger charge is 2.03. The number of benzene rings is 2. The van der Waals surface area contributed by atoms with Crippen LogP contribution < -0.4 is 10.1 Å². The van der Waals surface area contributed by atoms with Gasteiger partial charge in [-0.25, -0.2) is 0 Å². The van der Waals surface area contributed by atoms with Crippen molar-refractivity contribution in [3.8, 4) is 5.75 Å². The average Bonchev–Trinajstić information content (AvgIpc) is 2.54. The zero-order chi connectivity index (χ0) is 14.7. The van der Waals surface area contributed by atoms with Crippen LogP contribution in [-0.2, 0) is 6.54 Å². The molecule has 3 nitrogen and oxygen atoms in total. The fourth-order valence-corrected chi connectivity index (χ4v) is 2.58. The minimum absolute atomic E-state index is 0.726. The minimum Gasteiger partial charge on any atom is -0.497 e. The Bertz CT molecular complexity index is 774. The molecule has 0 aliphatic rings. The number of fused-ring (bicyclic) bond motifs is 1. The van der Waals surface area contributed by atoms with Gasteiger partial charge in [-0.2, -0.15) is 0 Å². The van der Waals surface area contributed by atoms with Crippen molar-refractivity contribution >= 4 is 32.5 Å². The van der Waals surface area contributed by atoms with Gasteiger partial charge in [-0.15, -0.1) is 0 Å². The summed E-state index contributed by atoms with van der Waals surface area (Å²) < 4.78 is 6.33. The summed E-state index contributed by atoms with van der Waals surface area (Å²) in [4.78, 5) is 4.33. The second-order valence-corrected chi connectivity index (χ2v) is 5.58. The Balaban J connectivity index is 1.80. The monoisotopic (exact) mass is 342 g/mol. The topological polar surface area (TPSA) is 34.1 Å². The first-order valence-electron chi connectivity index (χ1n) is 6.67. The van der Waals surface area contributed by atoms with E-state index in [1.54, 1.807) is 7.11 Å². The Morgan fingerprint density at radius 3 is 2.90 bits per heavy atom. The number of hydrogen-bond donors (Lipinski definition) is 1. The quantitative estimate of drug-likeness (QED) is 0.751. The van der Waals surface area contributed by atoms with E-state index in [4.69, 9.17) is 4.74 Å². The van der Waals surface area contributed by atoms with Crippen LogP contribution in [-0.4, -0.2) is 12.1 Å². The number of hydrogen-bond acceptors (Lipinski definition) is 3. The van der Waals surface area contributed by atoms with Gasteiger partial charge in [-0.3, -0.25) is 4.98 Å². The summed E-state index contributed by atoms with van der Waals surface area (Å²) in [5.74, 6) is 0.859. The second-order valence-electron chi connectivity index (χ2n) is 4.72. The molecule has 1 aromatic heterocycles. The van der Waals surface area contributed by atoms with E-state index in [9.17, 15) is 0 Å². The third-order valence-electron chi connectivity index (χ3n) is 3.34. The Hall–Kier alpha value is -2.07. The van der Waals surface area contributed by atoms with Crippen LogP contribution in [0.15, 0.2) is 59.2 Å². The number of methoxy groups -OCH3 is 1. The van der Waals surface area contributed by atoms with Gasteiger partial charge in [-0.1, -0.05) is 22.0 Å². The Labute approximate surface area is 132 Å². The van der Waals surface area contributed by atoms with Crippen LogP contribution >= 0.6 is 15.9 Å². The van der Waals surface area contributed by atoms with Gasteiger partial charge in [-0.05, 0) is 48.0 Å². The average molecular weight is 343 g/mol. The molecule has 2 aromatic carbocycles. The number of nitrogens with one attached hydrogen (secondary N) is 1. The number of aromatic nitrogens is 1. The summed E-state index contributed by atoms with van der Waals surface area (Å²) in [6, 6.07) is 16.2. The molecule has 0 aliphatic carbocycles. The zero-order valence-electron chi connectivity index (χ0n) is 11.6. The van der Waals surface area contributed by atoms with Gasteiger partial charge in [0.15, 0.2) is 0 Å². The maximum atomic E-state index is 5.26. The molecule has 0 saturated carbocycles. The van der Waals surface area contributed by atoms with Crippen molar-refractivity contribution in [1.29, 1.82) is 0 Å². The molecular weight excluding hydrogens is 328 g/mol. The van der Waals surface area contributed by atoms with Gasteiger partial charge in [0.1, 0.15) is 5.75 Å². The number of nitrogens with zero attached hydrogens (tertiary/aromatic N) is 1. The molecule has 1 N–H and O–H groups in total. The summed E-state index contributed by atoms with van der Waals surface area (Å²) in [6.45, 7) is 0.726. The molecule has 0 spiro atoms. The molecule has 21 heavy (non-hydrogen) atoms. The molecule has 0 fully saturated rings. The number of ether oxygens (including phenoxy) is 1. The first-order chi connectivity index (χ1) is 10.3. The summed E-state index contributed by atoms with van der Waals surface area (Å²) in [5, 5.41) is 4.56. The minimum atomic E-state index is 0.726. The van der Waals surface area contributed by atoms with Crippen molar-refractivity contribution < 1.29 is 4.74 Å². The van der Waals surface area contributed by atoms with Crippen molar-refractivity contribution in [1.82, 2.24) is 4.98 Å². The molecule has 0 amide bonds. The molecule has 4 heteroatoms. The van der Waals surface area contributed by atoms with Crippen LogP contribution in [0.25, 0.3) is 10.9 Å². The van der Waals surface area contributed by atoms with E-state index in [2.05, 4.69) is 38.4 Å². The van der Waals surface area contributed by atoms with Crippen LogP contribution in [0.2, 0.25) is 0 Å². The van der Waals surface area contributed by atoms with Crippen LogP contribution in [0.4, 0.5) is 5.69 Å². The highest BCUT2D eigenvalue weighted by Crippen LogP contribution is 2.24. The number of pyridine rings is 1. The van der Waals surface area contributed by atoms with Gasteiger partial charge in [0.05, 0.1) is 12.6 Å². The fourth-order valence-electron chi connectivity index (χ4n) is 2.20. The lowest BCUT2D eigenvalue weighted by atomic mass is 10.2. The molecule has 106 valence electrons. The van der Waals surface area contributed by atoms with Gasteiger partial charge >= 0.3 is 0 Å². The second kappa shape index (κ2) is 6.14. The molecule has 0 saturated heterocycles. The maximum absolute atomic E-state index is 5.26. The molecule has 1 heterocycles. The summed E-state index contributed by atoms with van der Waals surface area (Å²) in [6.07, 6.45) is 1.81. The molecule has 3 rings (SSSR count). The predicted molar refractivity (Wildman–Crippen MR) is 89.8 cm³/mol. The molecule has 3 aromatic rings. The standard InChI is InChI=1S/C17H15BrN2O/c1-21-15-5-6-16(18)13(10-15)11-20-14-4-7-17-12(9-14)3-2-8-19-17/h2-10,20H,11H2,1H3. The molecule has 0 unspecified atom stereocenters. The highest BCUT2D eigenvalue weighted by atomic mass is 79.9. The van der Waals surface area contributed by atoms with E-state index in [1.165, 1.54) is 0 Å². The lowest BCUT2D eigenvalue weighted by Gasteiger charge is -2.10. The lowest BCUT2D eigenvalue weighted by molar-refractivity contribution is 0.414. The Kier molecular flexibility index (Phi) is 4.06. The van der Waals surface area contributed by atoms with Crippen LogP contribution in [0, 0.1) is 0 Å². The highest BCUT2D eigenvalue weighted by molar-refractivity contribution is 9.10. The van der Waals surface area contributed by atoms with Crippen molar-refractivity contribution in [2.24, 2.45) is 0 Å². The maximum Gasteiger partial charge on any atom is 0.119 e. The molecule has 0 aliphatic heterocycles. The molecule has 0 radical (unpaired) electrons. The van der Waals surface area contributed by atoms with Crippen molar-refractivity contribution in [2.45, 2.75) is 6.54 Å². The van der Waals surface area contributed by atoms with Crippen LogP contribution in [0.3, 0.4) is 0 Å². The molecule has 0 atom stereocenters. The van der Waals surface area contributed by atoms with Crippen molar-refractivity contribution in [3.05, 3.63) is 64.8 Å². The van der Waals surface area contributed by atoms with Crippen molar-refractivity contribution in [2.75, 3.05) is 12.4 Å². The molecule has 0 bridgehead atoms. The smallest absolute Gasteiger partial charge is 0.119 e. The fraction of sp³-hybridized carbons (Fsp3) is 0.118. The number of rotatable bonds is 4. The van der Waals surface area contributed by atoms with Gasteiger partial charge in [0.25, 0.3) is 0 Å². The third-order valence-corrected chi connectivity index (χ3v) is 4.11. The largest absolute Gasteiger partial charge is 0.497 e. The van der Waals surface area contributed by atoms with Gasteiger partial charge in [0, 0.05) is 28.3 Å². The van der Waals surface area contributed by atoms with Crippen LogP contribution in [0.1, 0.15) is 5.56 Å². The first kappa shape index (κ1) is 13.9.